The standard InChI is InChI=1S/C22H18N2O7S/c1-3-31-22(28)18-16(13-8-5-4-6-9-13)12(2)32-20(18)23-19(25)14-10-7-11-15(24(29)30)17(14)21(26)27/h4-11H,3H2,1-2H3,(H,23,25)(H,26,27). The molecule has 1 aromatic heterocycles. The quantitative estimate of drug-likeness (QED) is 0.298. The van der Waals surface area contributed by atoms with E-state index in [0.29, 0.717) is 5.56 Å². The molecule has 2 aromatic carbocycles. The fourth-order valence-electron chi connectivity index (χ4n) is 3.26. The number of nitro benzene ring substituents is 1. The zero-order valence-corrected chi connectivity index (χ0v) is 17.9. The molecule has 0 aliphatic rings. The number of esters is 1. The highest BCUT2D eigenvalue weighted by molar-refractivity contribution is 7.17. The number of carbonyl (C=O) groups is 3. The van der Waals surface area contributed by atoms with Gasteiger partial charge in [0.15, 0.2) is 0 Å². The number of amides is 1. The van der Waals surface area contributed by atoms with Crippen molar-refractivity contribution in [3.8, 4) is 11.1 Å². The number of aryl methyl sites for hydroxylation is 1. The van der Waals surface area contributed by atoms with Gasteiger partial charge < -0.3 is 15.2 Å². The molecule has 0 unspecified atom stereocenters. The second kappa shape index (κ2) is 9.40. The van der Waals surface area contributed by atoms with Gasteiger partial charge in [-0.1, -0.05) is 36.4 Å². The van der Waals surface area contributed by atoms with Gasteiger partial charge in [-0.3, -0.25) is 14.9 Å². The Morgan fingerprint density at radius 2 is 1.78 bits per heavy atom. The van der Waals surface area contributed by atoms with E-state index in [-0.39, 0.29) is 17.2 Å². The number of nitrogens with one attached hydrogen (secondary N) is 1. The molecule has 3 rings (SSSR count). The van der Waals surface area contributed by atoms with Crippen molar-refractivity contribution in [1.29, 1.82) is 0 Å². The van der Waals surface area contributed by atoms with Crippen molar-refractivity contribution in [3.05, 3.63) is 80.2 Å². The van der Waals surface area contributed by atoms with Crippen LogP contribution < -0.4 is 5.32 Å². The predicted octanol–water partition coefficient (Wildman–Crippen LogP) is 4.76. The fraction of sp³-hybridized carbons (Fsp3) is 0.136. The van der Waals surface area contributed by atoms with Gasteiger partial charge in [-0.05, 0) is 25.5 Å². The lowest BCUT2D eigenvalue weighted by atomic mass is 10.0. The summed E-state index contributed by atoms with van der Waals surface area (Å²) in [5, 5.41) is 23.4. The molecule has 1 amide bonds. The molecule has 0 radical (unpaired) electrons. The largest absolute Gasteiger partial charge is 0.477 e. The number of hydrogen-bond acceptors (Lipinski definition) is 7. The highest BCUT2D eigenvalue weighted by Gasteiger charge is 2.30. The number of nitro groups is 1. The van der Waals surface area contributed by atoms with E-state index >= 15 is 0 Å². The first-order valence-corrected chi connectivity index (χ1v) is 10.3. The topological polar surface area (TPSA) is 136 Å². The van der Waals surface area contributed by atoms with Crippen LogP contribution in [0.5, 0.6) is 0 Å². The van der Waals surface area contributed by atoms with Gasteiger partial charge in [0.1, 0.15) is 16.1 Å². The van der Waals surface area contributed by atoms with Crippen LogP contribution in [0.15, 0.2) is 48.5 Å². The molecule has 0 bridgehead atoms. The molecule has 2 N–H and O–H groups in total. The molecule has 0 aliphatic heterocycles. The highest BCUT2D eigenvalue weighted by atomic mass is 32.1. The van der Waals surface area contributed by atoms with Gasteiger partial charge in [-0.15, -0.1) is 11.3 Å². The van der Waals surface area contributed by atoms with E-state index in [1.165, 1.54) is 12.1 Å². The Balaban J connectivity index is 2.12. The Labute approximate surface area is 186 Å². The third-order valence-electron chi connectivity index (χ3n) is 4.55. The summed E-state index contributed by atoms with van der Waals surface area (Å²) in [6.45, 7) is 3.55. The third kappa shape index (κ3) is 4.35. The van der Waals surface area contributed by atoms with Crippen molar-refractivity contribution < 1.29 is 29.2 Å². The van der Waals surface area contributed by atoms with E-state index in [1.807, 2.05) is 30.3 Å². The molecule has 32 heavy (non-hydrogen) atoms. The molecule has 0 fully saturated rings. The average Bonchev–Trinajstić information content (AvgIpc) is 3.09. The molecule has 0 saturated carbocycles. The summed E-state index contributed by atoms with van der Waals surface area (Å²) < 4.78 is 5.18. The lowest BCUT2D eigenvalue weighted by Gasteiger charge is -2.10. The average molecular weight is 454 g/mol. The molecule has 10 heteroatoms. The van der Waals surface area contributed by atoms with E-state index in [0.717, 1.165) is 27.8 Å². The molecule has 9 nitrogen and oxygen atoms in total. The van der Waals surface area contributed by atoms with Crippen LogP contribution in [-0.2, 0) is 4.74 Å². The number of carboxylic acid groups (broad SMARTS) is 1. The Kier molecular flexibility index (Phi) is 6.64. The SMILES string of the molecule is CCOC(=O)c1c(NC(=O)c2cccc([N+](=O)[O-])c2C(=O)O)sc(C)c1-c1ccccc1. The molecule has 1 heterocycles. The van der Waals surface area contributed by atoms with Crippen molar-refractivity contribution in [2.45, 2.75) is 13.8 Å². The maximum atomic E-state index is 13.0. The minimum absolute atomic E-state index is 0.114. The van der Waals surface area contributed by atoms with Crippen molar-refractivity contribution in [1.82, 2.24) is 0 Å². The van der Waals surface area contributed by atoms with E-state index < -0.39 is 39.6 Å². The first-order chi connectivity index (χ1) is 15.3. The molecule has 0 aliphatic carbocycles. The number of benzene rings is 2. The Bertz CT molecular complexity index is 1220. The molecular weight excluding hydrogens is 436 g/mol. The zero-order chi connectivity index (χ0) is 23.4. The van der Waals surface area contributed by atoms with Crippen LogP contribution >= 0.6 is 11.3 Å². The summed E-state index contributed by atoms with van der Waals surface area (Å²) in [5.41, 5.74) is -0.370. The summed E-state index contributed by atoms with van der Waals surface area (Å²) >= 11 is 1.12. The monoisotopic (exact) mass is 454 g/mol. The molecule has 3 aromatic rings. The summed E-state index contributed by atoms with van der Waals surface area (Å²) in [6, 6.07) is 12.5. The maximum Gasteiger partial charge on any atom is 0.343 e. The molecule has 164 valence electrons. The Hall–Kier alpha value is -4.05. The lowest BCUT2D eigenvalue weighted by molar-refractivity contribution is -0.385. The van der Waals surface area contributed by atoms with Crippen LogP contribution in [-0.4, -0.2) is 34.5 Å². The van der Waals surface area contributed by atoms with Crippen LogP contribution in [0.4, 0.5) is 10.7 Å². The van der Waals surface area contributed by atoms with Gasteiger partial charge in [0.2, 0.25) is 0 Å². The number of carboxylic acids is 1. The Morgan fingerprint density at radius 1 is 1.09 bits per heavy atom. The maximum absolute atomic E-state index is 13.0. The van der Waals surface area contributed by atoms with Crippen LogP contribution in [0, 0.1) is 17.0 Å². The summed E-state index contributed by atoms with van der Waals surface area (Å²) in [5.74, 6) is -3.15. The first-order valence-electron chi connectivity index (χ1n) is 9.44. The molecule has 0 spiro atoms. The highest BCUT2D eigenvalue weighted by Crippen LogP contribution is 2.40. The normalized spacial score (nSPS) is 10.4. The van der Waals surface area contributed by atoms with E-state index in [9.17, 15) is 29.6 Å². The first kappa shape index (κ1) is 22.6. The van der Waals surface area contributed by atoms with E-state index in [1.54, 1.807) is 13.8 Å². The lowest BCUT2D eigenvalue weighted by Crippen LogP contribution is -2.19. The van der Waals surface area contributed by atoms with Gasteiger partial charge in [0.25, 0.3) is 11.6 Å². The van der Waals surface area contributed by atoms with Gasteiger partial charge in [0, 0.05) is 16.5 Å². The number of rotatable bonds is 7. The molecule has 0 atom stereocenters. The van der Waals surface area contributed by atoms with Crippen molar-refractivity contribution in [3.63, 3.8) is 0 Å². The van der Waals surface area contributed by atoms with Gasteiger partial charge in [-0.25, -0.2) is 9.59 Å². The fourth-order valence-corrected chi connectivity index (χ4v) is 4.32. The summed E-state index contributed by atoms with van der Waals surface area (Å²) in [4.78, 5) is 48.5. The second-order valence-electron chi connectivity index (χ2n) is 6.54. The minimum atomic E-state index is -1.61. The van der Waals surface area contributed by atoms with Crippen LogP contribution in [0.1, 0.15) is 42.9 Å². The van der Waals surface area contributed by atoms with Crippen LogP contribution in [0.25, 0.3) is 11.1 Å². The van der Waals surface area contributed by atoms with E-state index in [2.05, 4.69) is 5.32 Å². The number of hydrogen-bond donors (Lipinski definition) is 2. The third-order valence-corrected chi connectivity index (χ3v) is 5.57. The molecular formula is C22H18N2O7S. The van der Waals surface area contributed by atoms with Gasteiger partial charge in [-0.2, -0.15) is 0 Å². The Morgan fingerprint density at radius 3 is 2.38 bits per heavy atom. The van der Waals surface area contributed by atoms with Crippen molar-refractivity contribution >= 4 is 39.9 Å². The predicted molar refractivity (Wildman–Crippen MR) is 118 cm³/mol. The summed E-state index contributed by atoms with van der Waals surface area (Å²) in [7, 11) is 0. The van der Waals surface area contributed by atoms with Crippen molar-refractivity contribution in [2.75, 3.05) is 11.9 Å². The van der Waals surface area contributed by atoms with Crippen LogP contribution in [0.3, 0.4) is 0 Å². The van der Waals surface area contributed by atoms with Crippen LogP contribution in [0.2, 0.25) is 0 Å². The smallest absolute Gasteiger partial charge is 0.343 e. The van der Waals surface area contributed by atoms with Gasteiger partial charge in [0.05, 0.1) is 17.1 Å². The number of anilines is 1. The number of aromatic carboxylic acids is 1. The zero-order valence-electron chi connectivity index (χ0n) is 17.1. The van der Waals surface area contributed by atoms with Crippen molar-refractivity contribution in [2.24, 2.45) is 0 Å². The minimum Gasteiger partial charge on any atom is -0.477 e. The second-order valence-corrected chi connectivity index (χ2v) is 7.76. The summed E-state index contributed by atoms with van der Waals surface area (Å²) in [6.07, 6.45) is 0. The van der Waals surface area contributed by atoms with E-state index in [4.69, 9.17) is 4.74 Å². The van der Waals surface area contributed by atoms with Gasteiger partial charge >= 0.3 is 11.9 Å². The number of thiophene rings is 1. The molecule has 0 saturated heterocycles. The number of carbonyl (C=O) groups excluding carboxylic acids is 2. The number of ether oxygens (including phenoxy) is 1. The number of nitrogens with zero attached hydrogens (tertiary/aromatic N) is 1.